The minimum atomic E-state index is 0.351. The Bertz CT molecular complexity index is 4090. The number of benzene rings is 10. The van der Waals surface area contributed by atoms with E-state index in [-0.39, 0.29) is 0 Å². The van der Waals surface area contributed by atoms with Gasteiger partial charge in [-0.05, 0) is 131 Å². The smallest absolute Gasteiger partial charge is 0.138 e. The molecule has 10 aromatic carbocycles. The van der Waals surface area contributed by atoms with E-state index in [1.807, 2.05) is 0 Å². The van der Waals surface area contributed by atoms with Crippen molar-refractivity contribution < 1.29 is 8.83 Å². The Hall–Kier alpha value is -8.54. The Morgan fingerprint density at radius 1 is 0.333 bits per heavy atom. The molecule has 0 aliphatic heterocycles. The van der Waals surface area contributed by atoms with Crippen LogP contribution in [0.15, 0.2) is 221 Å². The first-order valence-corrected chi connectivity index (χ1v) is 24.0. The van der Waals surface area contributed by atoms with Crippen molar-refractivity contribution in [3.05, 3.63) is 223 Å². The molecule has 13 rings (SSSR count). The largest absolute Gasteiger partial charge is 0.456 e. The van der Waals surface area contributed by atoms with Gasteiger partial charge >= 0.3 is 0 Å². The van der Waals surface area contributed by atoms with Gasteiger partial charge in [0.25, 0.3) is 0 Å². The van der Waals surface area contributed by atoms with Crippen LogP contribution >= 0.6 is 0 Å². The van der Waals surface area contributed by atoms with Gasteiger partial charge in [-0.3, -0.25) is 0 Å². The molecule has 0 amide bonds. The van der Waals surface area contributed by atoms with E-state index >= 15 is 0 Å². The fraction of sp³-hybridized carbons (Fsp3) is 0.0938. The zero-order chi connectivity index (χ0) is 46.3. The molecular weight excluding hydrogens is 843 g/mol. The average molecular weight is 892 g/mol. The summed E-state index contributed by atoms with van der Waals surface area (Å²) in [5.41, 5.74) is 15.9. The summed E-state index contributed by atoms with van der Waals surface area (Å²) in [7, 11) is 0. The quantitative estimate of drug-likeness (QED) is 0.145. The average Bonchev–Trinajstić information content (AvgIpc) is 4.05. The molecular formula is C64H49N3O2. The summed E-state index contributed by atoms with van der Waals surface area (Å²) in [5, 5.41) is 9.28. The molecule has 3 aromatic heterocycles. The first-order valence-electron chi connectivity index (χ1n) is 24.0. The van der Waals surface area contributed by atoms with Crippen molar-refractivity contribution in [2.45, 2.75) is 39.5 Å². The highest BCUT2D eigenvalue weighted by molar-refractivity contribution is 6.15. The highest BCUT2D eigenvalue weighted by atomic mass is 16.3. The zero-order valence-corrected chi connectivity index (χ0v) is 39.0. The number of hydrogen-bond acceptors (Lipinski definition) is 4. The number of hydrogen-bond donors (Lipinski definition) is 0. The molecule has 5 nitrogen and oxygen atoms in total. The molecule has 0 fully saturated rings. The van der Waals surface area contributed by atoms with Gasteiger partial charge < -0.3 is 23.2 Å². The van der Waals surface area contributed by atoms with Crippen LogP contribution in [-0.2, 0) is 0 Å². The molecule has 3 heterocycles. The number of nitrogens with zero attached hydrogens (tertiary/aromatic N) is 3. The Morgan fingerprint density at radius 2 is 0.797 bits per heavy atom. The van der Waals surface area contributed by atoms with Crippen LogP contribution in [0.4, 0.5) is 34.1 Å². The molecule has 0 N–H and O–H groups in total. The van der Waals surface area contributed by atoms with E-state index in [1.165, 1.54) is 27.3 Å². The van der Waals surface area contributed by atoms with Crippen LogP contribution in [0, 0.1) is 0 Å². The topological polar surface area (TPSA) is 37.7 Å². The van der Waals surface area contributed by atoms with Gasteiger partial charge in [0.05, 0.1) is 11.0 Å². The van der Waals surface area contributed by atoms with Gasteiger partial charge in [0, 0.05) is 84.3 Å². The zero-order valence-electron chi connectivity index (χ0n) is 39.0. The van der Waals surface area contributed by atoms with Crippen LogP contribution in [0.1, 0.15) is 50.7 Å². The van der Waals surface area contributed by atoms with Gasteiger partial charge in [0.15, 0.2) is 0 Å². The van der Waals surface area contributed by atoms with Gasteiger partial charge in [-0.1, -0.05) is 131 Å². The van der Waals surface area contributed by atoms with E-state index in [0.29, 0.717) is 11.8 Å². The third-order valence-electron chi connectivity index (χ3n) is 14.0. The van der Waals surface area contributed by atoms with E-state index in [1.54, 1.807) is 0 Å². The first kappa shape index (κ1) is 40.7. The maximum atomic E-state index is 6.71. The van der Waals surface area contributed by atoms with Gasteiger partial charge in [-0.25, -0.2) is 0 Å². The molecule has 0 aliphatic rings. The number of rotatable bonds is 9. The van der Waals surface area contributed by atoms with E-state index in [0.717, 1.165) is 100 Å². The predicted octanol–water partition coefficient (Wildman–Crippen LogP) is 18.9. The summed E-state index contributed by atoms with van der Waals surface area (Å²) < 4.78 is 15.8. The number of anilines is 6. The Balaban J connectivity index is 0.980. The van der Waals surface area contributed by atoms with Crippen LogP contribution in [0.3, 0.4) is 0 Å². The van der Waals surface area contributed by atoms with Gasteiger partial charge in [0.1, 0.15) is 22.3 Å². The molecule has 13 aromatic rings. The second-order valence-corrected chi connectivity index (χ2v) is 18.9. The molecule has 0 bridgehead atoms. The van der Waals surface area contributed by atoms with Crippen LogP contribution in [0.5, 0.6) is 0 Å². The predicted molar refractivity (Wildman–Crippen MR) is 290 cm³/mol. The molecule has 0 radical (unpaired) electrons. The molecule has 0 spiro atoms. The number of para-hydroxylation sites is 5. The summed E-state index contributed by atoms with van der Waals surface area (Å²) >= 11 is 0. The lowest BCUT2D eigenvalue weighted by Crippen LogP contribution is -2.10. The second kappa shape index (κ2) is 16.1. The molecule has 0 unspecified atom stereocenters. The fourth-order valence-electron chi connectivity index (χ4n) is 10.7. The maximum Gasteiger partial charge on any atom is 0.138 e. The molecule has 0 atom stereocenters. The van der Waals surface area contributed by atoms with E-state index in [2.05, 4.69) is 254 Å². The summed E-state index contributed by atoms with van der Waals surface area (Å²) in [6.45, 7) is 8.90. The van der Waals surface area contributed by atoms with E-state index in [4.69, 9.17) is 8.83 Å². The monoisotopic (exact) mass is 891 g/mol. The Labute approximate surface area is 400 Å². The molecule has 69 heavy (non-hydrogen) atoms. The molecule has 0 aliphatic carbocycles. The standard InChI is InChI=1S/C64H49N3O2/c1-40(2)51-22-14-24-56-54-32-29-49(38-61(54)68-63(51)56)65(44-16-8-5-9-17-44)47-27-26-42-35-58-53-31-28-48(37-60(53)67(46-20-12-7-13-21-46)59(58)36-43(42)34-47)66(45-18-10-6-11-19-45)50-30-33-55-57-25-15-23-52(41(3)4)64(57)69-62(55)39-50/h5-41H,1-4H3. The van der Waals surface area contributed by atoms with Crippen LogP contribution in [-0.4, -0.2) is 4.57 Å². The van der Waals surface area contributed by atoms with Crippen molar-refractivity contribution in [1.82, 2.24) is 4.57 Å². The highest BCUT2D eigenvalue weighted by Gasteiger charge is 2.22. The summed E-state index contributed by atoms with van der Waals surface area (Å²) in [6, 6.07) is 76.8. The lowest BCUT2D eigenvalue weighted by Gasteiger charge is -2.25. The van der Waals surface area contributed by atoms with Gasteiger partial charge in [0.2, 0.25) is 0 Å². The number of aromatic nitrogens is 1. The van der Waals surface area contributed by atoms with Crippen molar-refractivity contribution in [1.29, 1.82) is 0 Å². The van der Waals surface area contributed by atoms with Gasteiger partial charge in [-0.2, -0.15) is 0 Å². The van der Waals surface area contributed by atoms with Crippen molar-refractivity contribution in [3.63, 3.8) is 0 Å². The summed E-state index contributed by atoms with van der Waals surface area (Å²) in [6.07, 6.45) is 0. The van der Waals surface area contributed by atoms with Crippen molar-refractivity contribution in [2.75, 3.05) is 9.80 Å². The summed E-state index contributed by atoms with van der Waals surface area (Å²) in [4.78, 5) is 4.68. The fourth-order valence-corrected chi connectivity index (χ4v) is 10.7. The SMILES string of the molecule is CC(C)c1cccc2c1oc1cc(N(c3ccccc3)c3ccc4cc5c6ccc(N(c7ccccc7)c7ccc8c(c7)oc7c(C(C)C)cccc78)cc6n(-c6ccccc6)c5cc4c3)ccc12. The Morgan fingerprint density at radius 3 is 1.33 bits per heavy atom. The van der Waals surface area contributed by atoms with Crippen LogP contribution in [0.2, 0.25) is 0 Å². The van der Waals surface area contributed by atoms with Crippen LogP contribution < -0.4 is 9.80 Å². The summed E-state index contributed by atoms with van der Waals surface area (Å²) in [5.74, 6) is 0.707. The lowest BCUT2D eigenvalue weighted by molar-refractivity contribution is 0.656. The van der Waals surface area contributed by atoms with Gasteiger partial charge in [-0.15, -0.1) is 0 Å². The number of furan rings is 2. The van der Waals surface area contributed by atoms with Crippen LogP contribution in [0.25, 0.3) is 82.1 Å². The minimum Gasteiger partial charge on any atom is -0.456 e. The molecule has 0 saturated carbocycles. The first-order chi connectivity index (χ1) is 33.9. The Kier molecular flexibility index (Phi) is 9.48. The minimum absolute atomic E-state index is 0.351. The third-order valence-corrected chi connectivity index (χ3v) is 14.0. The molecule has 332 valence electrons. The maximum absolute atomic E-state index is 6.71. The highest BCUT2D eigenvalue weighted by Crippen LogP contribution is 2.45. The van der Waals surface area contributed by atoms with Crippen molar-refractivity contribution in [3.8, 4) is 5.69 Å². The van der Waals surface area contributed by atoms with E-state index in [9.17, 15) is 0 Å². The molecule has 0 saturated heterocycles. The lowest BCUT2D eigenvalue weighted by atomic mass is 10.0. The van der Waals surface area contributed by atoms with Crippen molar-refractivity contribution in [2.24, 2.45) is 0 Å². The van der Waals surface area contributed by atoms with E-state index < -0.39 is 0 Å². The second-order valence-electron chi connectivity index (χ2n) is 18.9. The van der Waals surface area contributed by atoms with Crippen molar-refractivity contribution >= 4 is 111 Å². The molecule has 5 heteroatoms. The number of fused-ring (bicyclic) bond motifs is 10. The normalized spacial score (nSPS) is 12.0. The third kappa shape index (κ3) is 6.68.